The molecule has 142 valence electrons. The molecule has 0 aliphatic carbocycles. The first kappa shape index (κ1) is 20.2. The van der Waals surface area contributed by atoms with Gasteiger partial charge in [0.1, 0.15) is 0 Å². The summed E-state index contributed by atoms with van der Waals surface area (Å²) in [6.07, 6.45) is -0.0973. The van der Waals surface area contributed by atoms with Crippen LogP contribution in [0.25, 0.3) is 0 Å². The number of benzene rings is 2. The van der Waals surface area contributed by atoms with Crippen LogP contribution in [0.5, 0.6) is 0 Å². The zero-order chi connectivity index (χ0) is 19.8. The molecule has 0 radical (unpaired) electrons. The molecule has 2 N–H and O–H groups in total. The summed E-state index contributed by atoms with van der Waals surface area (Å²) in [4.78, 5) is 35.5. The number of nitrogens with one attached hydrogen (secondary N) is 2. The van der Waals surface area contributed by atoms with Crippen molar-refractivity contribution in [2.45, 2.75) is 33.6 Å². The molecule has 0 atom stereocenters. The minimum absolute atomic E-state index is 0.00847. The molecule has 0 aliphatic heterocycles. The van der Waals surface area contributed by atoms with Gasteiger partial charge in [-0.25, -0.2) is 0 Å². The van der Waals surface area contributed by atoms with Gasteiger partial charge in [0.15, 0.2) is 6.61 Å². The fourth-order valence-electron chi connectivity index (χ4n) is 2.52. The SMILES string of the molecule is Cc1cccc(NC(=O)CCC(=O)OCC(=O)Nc2ccc(C)cc2C)c1. The molecule has 6 heteroatoms. The third-order valence-corrected chi connectivity index (χ3v) is 3.88. The summed E-state index contributed by atoms with van der Waals surface area (Å²) >= 11 is 0. The molecule has 0 aromatic heterocycles. The average Bonchev–Trinajstić information content (AvgIpc) is 2.60. The van der Waals surface area contributed by atoms with Crippen LogP contribution >= 0.6 is 0 Å². The molecule has 0 heterocycles. The Hall–Kier alpha value is -3.15. The Morgan fingerprint density at radius 2 is 1.59 bits per heavy atom. The number of carbonyl (C=O) groups excluding carboxylic acids is 3. The molecule has 27 heavy (non-hydrogen) atoms. The predicted octanol–water partition coefficient (Wildman–Crippen LogP) is 3.51. The molecule has 2 aromatic carbocycles. The molecule has 6 nitrogen and oxygen atoms in total. The van der Waals surface area contributed by atoms with Gasteiger partial charge in [-0.05, 0) is 50.1 Å². The second-order valence-corrected chi connectivity index (χ2v) is 6.44. The highest BCUT2D eigenvalue weighted by Gasteiger charge is 2.11. The number of hydrogen-bond acceptors (Lipinski definition) is 4. The second kappa shape index (κ2) is 9.52. The summed E-state index contributed by atoms with van der Waals surface area (Å²) in [5, 5.41) is 5.42. The molecule has 0 fully saturated rings. The Labute approximate surface area is 158 Å². The first-order valence-corrected chi connectivity index (χ1v) is 8.73. The Morgan fingerprint density at radius 3 is 2.30 bits per heavy atom. The lowest BCUT2D eigenvalue weighted by Gasteiger charge is -2.10. The maximum absolute atomic E-state index is 11.9. The summed E-state index contributed by atoms with van der Waals surface area (Å²) in [5.41, 5.74) is 4.42. The smallest absolute Gasteiger partial charge is 0.306 e. The van der Waals surface area contributed by atoms with Crippen LogP contribution in [-0.4, -0.2) is 24.4 Å². The lowest BCUT2D eigenvalue weighted by Crippen LogP contribution is -2.22. The van der Waals surface area contributed by atoms with Crippen molar-refractivity contribution < 1.29 is 19.1 Å². The molecule has 2 amide bonds. The second-order valence-electron chi connectivity index (χ2n) is 6.44. The lowest BCUT2D eigenvalue weighted by atomic mass is 10.1. The van der Waals surface area contributed by atoms with Gasteiger partial charge in [-0.3, -0.25) is 14.4 Å². The average molecular weight is 368 g/mol. The molecule has 0 saturated carbocycles. The number of esters is 1. The van der Waals surface area contributed by atoms with Crippen LogP contribution in [0.3, 0.4) is 0 Å². The van der Waals surface area contributed by atoms with E-state index >= 15 is 0 Å². The summed E-state index contributed by atoms with van der Waals surface area (Å²) < 4.78 is 4.93. The number of ether oxygens (including phenoxy) is 1. The largest absolute Gasteiger partial charge is 0.456 e. The molecule has 2 aromatic rings. The number of amides is 2. The number of rotatable bonds is 7. The van der Waals surface area contributed by atoms with Crippen molar-refractivity contribution in [3.63, 3.8) is 0 Å². The highest BCUT2D eigenvalue weighted by molar-refractivity contribution is 5.94. The van der Waals surface area contributed by atoms with Gasteiger partial charge < -0.3 is 15.4 Å². The summed E-state index contributed by atoms with van der Waals surface area (Å²) in [6.45, 7) is 5.40. The molecule has 0 unspecified atom stereocenters. The van der Waals surface area contributed by atoms with E-state index in [-0.39, 0.29) is 25.4 Å². The molecule has 2 rings (SSSR count). The monoisotopic (exact) mass is 368 g/mol. The number of aryl methyl sites for hydroxylation is 3. The van der Waals surface area contributed by atoms with Crippen LogP contribution in [0.15, 0.2) is 42.5 Å². The maximum atomic E-state index is 11.9. The predicted molar refractivity (Wildman–Crippen MR) is 105 cm³/mol. The molecular weight excluding hydrogens is 344 g/mol. The van der Waals surface area contributed by atoms with Crippen LogP contribution in [0, 0.1) is 20.8 Å². The Kier molecular flexibility index (Phi) is 7.11. The molecule has 0 saturated heterocycles. The molecule has 0 aliphatic rings. The van der Waals surface area contributed by atoms with Gasteiger partial charge in [0.05, 0.1) is 6.42 Å². The molecular formula is C21H24N2O4. The van der Waals surface area contributed by atoms with Crippen molar-refractivity contribution in [2.75, 3.05) is 17.2 Å². The van der Waals surface area contributed by atoms with Crippen molar-refractivity contribution in [3.8, 4) is 0 Å². The van der Waals surface area contributed by atoms with E-state index in [0.29, 0.717) is 11.4 Å². The van der Waals surface area contributed by atoms with Gasteiger partial charge >= 0.3 is 5.97 Å². The Balaban J connectivity index is 1.70. The first-order valence-electron chi connectivity index (χ1n) is 8.73. The topological polar surface area (TPSA) is 84.5 Å². The van der Waals surface area contributed by atoms with E-state index in [9.17, 15) is 14.4 Å². The van der Waals surface area contributed by atoms with Gasteiger partial charge in [0.2, 0.25) is 5.91 Å². The van der Waals surface area contributed by atoms with Gasteiger partial charge in [-0.2, -0.15) is 0 Å². The summed E-state index contributed by atoms with van der Waals surface area (Å²) in [7, 11) is 0. The minimum Gasteiger partial charge on any atom is -0.456 e. The van der Waals surface area contributed by atoms with Gasteiger partial charge in [0.25, 0.3) is 5.91 Å². The van der Waals surface area contributed by atoms with E-state index in [1.807, 2.05) is 51.1 Å². The van der Waals surface area contributed by atoms with Crippen molar-refractivity contribution >= 4 is 29.2 Å². The first-order chi connectivity index (χ1) is 12.8. The summed E-state index contributed by atoms with van der Waals surface area (Å²) in [5.74, 6) is -1.29. The van der Waals surface area contributed by atoms with Crippen molar-refractivity contribution in [1.29, 1.82) is 0 Å². The van der Waals surface area contributed by atoms with Crippen LogP contribution in [0.4, 0.5) is 11.4 Å². The third kappa shape index (κ3) is 6.93. The third-order valence-electron chi connectivity index (χ3n) is 3.88. The van der Waals surface area contributed by atoms with Crippen molar-refractivity contribution in [1.82, 2.24) is 0 Å². The van der Waals surface area contributed by atoms with Crippen LogP contribution in [-0.2, 0) is 19.1 Å². The highest BCUT2D eigenvalue weighted by atomic mass is 16.5. The van der Waals surface area contributed by atoms with Crippen molar-refractivity contribution in [3.05, 3.63) is 59.2 Å². The maximum Gasteiger partial charge on any atom is 0.306 e. The summed E-state index contributed by atoms with van der Waals surface area (Å²) in [6, 6.07) is 13.0. The van der Waals surface area contributed by atoms with E-state index in [1.54, 1.807) is 12.1 Å². The zero-order valence-corrected chi connectivity index (χ0v) is 15.8. The van der Waals surface area contributed by atoms with Crippen LogP contribution in [0.1, 0.15) is 29.5 Å². The zero-order valence-electron chi connectivity index (χ0n) is 15.8. The van der Waals surface area contributed by atoms with Gasteiger partial charge in [0, 0.05) is 17.8 Å². The Morgan fingerprint density at radius 1 is 0.852 bits per heavy atom. The standard InChI is InChI=1S/C21H24N2O4/c1-14-5-4-6-17(12-14)22-19(24)9-10-21(26)27-13-20(25)23-18-8-7-15(2)11-16(18)3/h4-8,11-12H,9-10,13H2,1-3H3,(H,22,24)(H,23,25). The van der Waals surface area contributed by atoms with E-state index in [1.165, 1.54) is 0 Å². The van der Waals surface area contributed by atoms with E-state index in [0.717, 1.165) is 16.7 Å². The lowest BCUT2D eigenvalue weighted by molar-refractivity contribution is -0.147. The fourth-order valence-corrected chi connectivity index (χ4v) is 2.52. The quantitative estimate of drug-likeness (QED) is 0.733. The highest BCUT2D eigenvalue weighted by Crippen LogP contribution is 2.16. The van der Waals surface area contributed by atoms with E-state index < -0.39 is 11.9 Å². The van der Waals surface area contributed by atoms with Gasteiger partial charge in [-0.15, -0.1) is 0 Å². The van der Waals surface area contributed by atoms with Crippen LogP contribution < -0.4 is 10.6 Å². The fraction of sp³-hybridized carbons (Fsp3) is 0.286. The number of anilines is 2. The number of hydrogen-bond donors (Lipinski definition) is 2. The van der Waals surface area contributed by atoms with Crippen molar-refractivity contribution in [2.24, 2.45) is 0 Å². The number of carbonyl (C=O) groups is 3. The van der Waals surface area contributed by atoms with E-state index in [2.05, 4.69) is 10.6 Å². The molecule has 0 bridgehead atoms. The molecule has 0 spiro atoms. The van der Waals surface area contributed by atoms with Crippen LogP contribution in [0.2, 0.25) is 0 Å². The minimum atomic E-state index is -0.592. The Bertz CT molecular complexity index is 846. The normalized spacial score (nSPS) is 10.2. The van der Waals surface area contributed by atoms with E-state index in [4.69, 9.17) is 4.74 Å². The van der Waals surface area contributed by atoms with Gasteiger partial charge in [-0.1, -0.05) is 29.8 Å².